The molecule has 1 aromatic heterocycles. The number of nitrogens with one attached hydrogen (secondary N) is 2. The molecule has 0 fully saturated rings. The van der Waals surface area contributed by atoms with Gasteiger partial charge in [0.15, 0.2) is 11.6 Å². The fourth-order valence-electron chi connectivity index (χ4n) is 1.96. The minimum absolute atomic E-state index is 0.123. The third-order valence-corrected chi connectivity index (χ3v) is 4.95. The molecule has 152 valence electrons. The number of allylic oxidation sites excluding steroid dienone is 5. The first-order chi connectivity index (χ1) is 13.0. The minimum Gasteiger partial charge on any atom is -0.373 e. The molecule has 0 atom stereocenters. The van der Waals surface area contributed by atoms with E-state index in [1.807, 2.05) is 4.72 Å². The summed E-state index contributed by atoms with van der Waals surface area (Å²) in [6.45, 7) is 7.85. The number of hydrogen-bond acceptors (Lipinski definition) is 6. The summed E-state index contributed by atoms with van der Waals surface area (Å²) in [5.74, 6) is -3.75. The minimum atomic E-state index is -4.10. The molecule has 1 rings (SSSR count). The SMILES string of the molecule is C=C(F)/C(C(=O)C(=C)c1cncnc1NC)=C(/F)C(=CC)NS(=O)(=O)N(C)C. The van der Waals surface area contributed by atoms with Crippen LogP contribution in [0.3, 0.4) is 0 Å². The highest BCUT2D eigenvalue weighted by Gasteiger charge is 2.27. The van der Waals surface area contributed by atoms with E-state index in [4.69, 9.17) is 0 Å². The number of anilines is 1. The van der Waals surface area contributed by atoms with Crippen molar-refractivity contribution in [2.75, 3.05) is 26.5 Å². The number of halogens is 2. The normalized spacial score (nSPS) is 13.0. The average molecular weight is 413 g/mol. The topological polar surface area (TPSA) is 104 Å². The Bertz CT molecular complexity index is 969. The summed E-state index contributed by atoms with van der Waals surface area (Å²) in [5, 5.41) is 2.71. The number of nitrogens with zero attached hydrogens (tertiary/aromatic N) is 3. The van der Waals surface area contributed by atoms with Crippen LogP contribution in [0.4, 0.5) is 14.6 Å². The molecule has 11 heteroatoms. The Kier molecular flexibility index (Phi) is 7.70. The first kappa shape index (κ1) is 23.1. The highest BCUT2D eigenvalue weighted by molar-refractivity contribution is 7.87. The fourth-order valence-corrected chi connectivity index (χ4v) is 2.63. The van der Waals surface area contributed by atoms with Gasteiger partial charge >= 0.3 is 10.2 Å². The third kappa shape index (κ3) is 5.08. The summed E-state index contributed by atoms with van der Waals surface area (Å²) in [4.78, 5) is 20.4. The molecule has 0 aliphatic carbocycles. The van der Waals surface area contributed by atoms with E-state index in [1.54, 1.807) is 0 Å². The number of rotatable bonds is 9. The van der Waals surface area contributed by atoms with E-state index in [2.05, 4.69) is 28.4 Å². The zero-order valence-corrected chi connectivity index (χ0v) is 16.7. The van der Waals surface area contributed by atoms with Crippen LogP contribution in [-0.4, -0.2) is 49.6 Å². The lowest BCUT2D eigenvalue weighted by atomic mass is 9.97. The number of ketones is 1. The van der Waals surface area contributed by atoms with Crippen LogP contribution in [0, 0.1) is 0 Å². The summed E-state index contributed by atoms with van der Waals surface area (Å²) >= 11 is 0. The molecule has 0 unspecified atom stereocenters. The van der Waals surface area contributed by atoms with Crippen molar-refractivity contribution in [1.29, 1.82) is 0 Å². The van der Waals surface area contributed by atoms with E-state index in [1.165, 1.54) is 40.6 Å². The molecule has 0 aromatic carbocycles. The van der Waals surface area contributed by atoms with Crippen LogP contribution in [0.1, 0.15) is 12.5 Å². The Balaban J connectivity index is 3.47. The fraction of sp³-hybridized carbons (Fsp3) is 0.235. The molecular formula is C17H21F2N5O3S. The summed E-state index contributed by atoms with van der Waals surface area (Å²) in [7, 11) is -0.134. The Morgan fingerprint density at radius 1 is 1.29 bits per heavy atom. The molecule has 1 aromatic rings. The van der Waals surface area contributed by atoms with Crippen molar-refractivity contribution in [3.63, 3.8) is 0 Å². The second-order valence-electron chi connectivity index (χ2n) is 5.53. The van der Waals surface area contributed by atoms with Gasteiger partial charge in [0, 0.05) is 38.5 Å². The van der Waals surface area contributed by atoms with Gasteiger partial charge in [-0.1, -0.05) is 19.2 Å². The van der Waals surface area contributed by atoms with Crippen LogP contribution in [0.15, 0.2) is 54.7 Å². The van der Waals surface area contributed by atoms with Gasteiger partial charge in [0.05, 0.1) is 11.3 Å². The van der Waals surface area contributed by atoms with Crippen LogP contribution in [0.5, 0.6) is 0 Å². The van der Waals surface area contributed by atoms with Gasteiger partial charge in [-0.05, 0) is 6.92 Å². The zero-order valence-electron chi connectivity index (χ0n) is 15.9. The highest BCUT2D eigenvalue weighted by atomic mass is 32.2. The molecular weight excluding hydrogens is 392 g/mol. The Morgan fingerprint density at radius 2 is 1.89 bits per heavy atom. The van der Waals surface area contributed by atoms with Crippen LogP contribution >= 0.6 is 0 Å². The van der Waals surface area contributed by atoms with Crippen LogP contribution in [0.2, 0.25) is 0 Å². The predicted octanol–water partition coefficient (Wildman–Crippen LogP) is 2.11. The standard InChI is InChI=1S/C17H21F2N5O3S/c1-7-13(23-28(26,27)24(5)6)15(19)14(11(3)18)16(25)10(2)12-8-21-9-22-17(12)20-4/h7-9,23H,2-3H2,1,4-6H3,(H,20,21,22)/b13-7?,15-14-. The molecule has 2 N–H and O–H groups in total. The van der Waals surface area contributed by atoms with Crippen molar-refractivity contribution in [2.45, 2.75) is 6.92 Å². The second kappa shape index (κ2) is 9.33. The van der Waals surface area contributed by atoms with Gasteiger partial charge in [-0.2, -0.15) is 12.7 Å². The van der Waals surface area contributed by atoms with Gasteiger partial charge in [0.2, 0.25) is 0 Å². The van der Waals surface area contributed by atoms with Crippen molar-refractivity contribution in [1.82, 2.24) is 19.0 Å². The molecule has 28 heavy (non-hydrogen) atoms. The lowest BCUT2D eigenvalue weighted by molar-refractivity contribution is -0.110. The summed E-state index contributed by atoms with van der Waals surface area (Å²) < 4.78 is 55.6. The molecule has 0 aliphatic rings. The smallest absolute Gasteiger partial charge is 0.301 e. The zero-order chi connectivity index (χ0) is 21.6. The van der Waals surface area contributed by atoms with Crippen molar-refractivity contribution in [3.05, 3.63) is 60.2 Å². The molecule has 1 heterocycles. The molecule has 0 saturated heterocycles. The molecule has 0 saturated carbocycles. The van der Waals surface area contributed by atoms with Crippen molar-refractivity contribution in [2.24, 2.45) is 0 Å². The molecule has 0 amide bonds. The predicted molar refractivity (Wildman–Crippen MR) is 104 cm³/mol. The Labute approximate surface area is 162 Å². The van der Waals surface area contributed by atoms with E-state index >= 15 is 0 Å². The first-order valence-corrected chi connectivity index (χ1v) is 9.25. The number of carbonyl (C=O) groups is 1. The maximum absolute atomic E-state index is 14.9. The second-order valence-corrected chi connectivity index (χ2v) is 7.41. The summed E-state index contributed by atoms with van der Waals surface area (Å²) in [6, 6.07) is 0. The highest BCUT2D eigenvalue weighted by Crippen LogP contribution is 2.29. The lowest BCUT2D eigenvalue weighted by Crippen LogP contribution is -2.35. The molecule has 0 radical (unpaired) electrons. The third-order valence-electron chi connectivity index (χ3n) is 3.51. The van der Waals surface area contributed by atoms with Crippen LogP contribution in [0.25, 0.3) is 5.57 Å². The lowest BCUT2D eigenvalue weighted by Gasteiger charge is -2.17. The first-order valence-electron chi connectivity index (χ1n) is 7.81. The van der Waals surface area contributed by atoms with Crippen molar-refractivity contribution < 1.29 is 22.0 Å². The van der Waals surface area contributed by atoms with Crippen LogP contribution in [-0.2, 0) is 15.0 Å². The van der Waals surface area contributed by atoms with E-state index in [0.29, 0.717) is 0 Å². The average Bonchev–Trinajstić information content (AvgIpc) is 2.64. The van der Waals surface area contributed by atoms with Gasteiger partial charge in [-0.25, -0.2) is 18.7 Å². The van der Waals surface area contributed by atoms with Gasteiger partial charge in [-0.3, -0.25) is 9.52 Å². The number of hydrogen-bond donors (Lipinski definition) is 2. The van der Waals surface area contributed by atoms with E-state index < -0.39 is 38.9 Å². The Morgan fingerprint density at radius 3 is 2.36 bits per heavy atom. The van der Waals surface area contributed by atoms with E-state index in [-0.39, 0.29) is 17.0 Å². The monoisotopic (exact) mass is 413 g/mol. The molecule has 0 spiro atoms. The molecule has 8 nitrogen and oxygen atoms in total. The van der Waals surface area contributed by atoms with Gasteiger partial charge < -0.3 is 5.32 Å². The van der Waals surface area contributed by atoms with Crippen LogP contribution < -0.4 is 10.0 Å². The van der Waals surface area contributed by atoms with Crippen molar-refractivity contribution >= 4 is 27.4 Å². The van der Waals surface area contributed by atoms with Crippen molar-refractivity contribution in [3.8, 4) is 0 Å². The van der Waals surface area contributed by atoms with Gasteiger partial charge in [-0.15, -0.1) is 0 Å². The van der Waals surface area contributed by atoms with Gasteiger partial charge in [0.1, 0.15) is 18.0 Å². The van der Waals surface area contributed by atoms with Gasteiger partial charge in [0.25, 0.3) is 0 Å². The maximum Gasteiger partial charge on any atom is 0.301 e. The number of Topliss-reactive ketones (excluding diaryl/α,β-unsaturated/α-hetero) is 1. The van der Waals surface area contributed by atoms with E-state index in [9.17, 15) is 22.0 Å². The number of carbonyl (C=O) groups excluding carboxylic acids is 1. The quantitative estimate of drug-likeness (QED) is 0.475. The summed E-state index contributed by atoms with van der Waals surface area (Å²) in [5.41, 5.74) is -1.87. The maximum atomic E-state index is 14.9. The largest absolute Gasteiger partial charge is 0.373 e. The summed E-state index contributed by atoms with van der Waals surface area (Å²) in [6.07, 6.45) is 3.51. The Hall–Kier alpha value is -2.92. The molecule has 0 aliphatic heterocycles. The number of aromatic nitrogens is 2. The molecule has 0 bridgehead atoms. The van der Waals surface area contributed by atoms with E-state index in [0.717, 1.165) is 10.4 Å².